The number of hydrogen-bond donors (Lipinski definition) is 2. The summed E-state index contributed by atoms with van der Waals surface area (Å²) >= 11 is 1.31. The molecule has 0 unspecified atom stereocenters. The highest BCUT2D eigenvalue weighted by molar-refractivity contribution is 7.99. The normalized spacial score (nSPS) is 11.9. The molecule has 1 heterocycles. The van der Waals surface area contributed by atoms with E-state index >= 15 is 0 Å². The van der Waals surface area contributed by atoms with Crippen LogP contribution in [-0.2, 0) is 11.8 Å². The predicted molar refractivity (Wildman–Crippen MR) is 123 cm³/mol. The van der Waals surface area contributed by atoms with Crippen molar-refractivity contribution in [3.8, 4) is 0 Å². The van der Waals surface area contributed by atoms with Gasteiger partial charge in [0.25, 0.3) is 5.91 Å². The lowest BCUT2D eigenvalue weighted by molar-refractivity contribution is -0.113. The average Bonchev–Trinajstić information content (AvgIpc) is 3.11. The van der Waals surface area contributed by atoms with E-state index in [-0.39, 0.29) is 29.5 Å². The van der Waals surface area contributed by atoms with Gasteiger partial charge in [0, 0.05) is 18.3 Å². The van der Waals surface area contributed by atoms with E-state index in [4.69, 9.17) is 0 Å². The molecule has 0 radical (unpaired) electrons. The van der Waals surface area contributed by atoms with Crippen LogP contribution in [0.15, 0.2) is 59.8 Å². The molecule has 2 aromatic carbocycles. The Labute approximate surface area is 186 Å². The number of aryl methyl sites for hydroxylation is 1. The number of para-hydroxylation sites is 1. The van der Waals surface area contributed by atoms with Crippen LogP contribution in [0.4, 0.5) is 5.69 Å². The van der Waals surface area contributed by atoms with Crippen molar-refractivity contribution in [1.82, 2.24) is 20.1 Å². The van der Waals surface area contributed by atoms with E-state index in [9.17, 15) is 9.59 Å². The zero-order valence-electron chi connectivity index (χ0n) is 18.1. The number of amides is 2. The van der Waals surface area contributed by atoms with Gasteiger partial charge in [0.05, 0.1) is 11.8 Å². The number of nitrogens with zero attached hydrogens (tertiary/aromatic N) is 3. The summed E-state index contributed by atoms with van der Waals surface area (Å²) in [6.07, 6.45) is 0. The highest BCUT2D eigenvalue weighted by Gasteiger charge is 2.25. The van der Waals surface area contributed by atoms with Crippen LogP contribution < -0.4 is 10.6 Å². The van der Waals surface area contributed by atoms with Gasteiger partial charge >= 0.3 is 0 Å². The molecule has 8 heteroatoms. The quantitative estimate of drug-likeness (QED) is 0.521. The van der Waals surface area contributed by atoms with Gasteiger partial charge in [-0.2, -0.15) is 0 Å². The largest absolute Gasteiger partial charge is 0.342 e. The van der Waals surface area contributed by atoms with Crippen molar-refractivity contribution in [2.24, 2.45) is 13.0 Å². The highest BCUT2D eigenvalue weighted by atomic mass is 32.2. The first kappa shape index (κ1) is 22.6. The van der Waals surface area contributed by atoms with E-state index in [0.29, 0.717) is 16.5 Å². The minimum absolute atomic E-state index is 0.108. The third kappa shape index (κ3) is 5.95. The molecule has 0 fully saturated rings. The van der Waals surface area contributed by atoms with Crippen molar-refractivity contribution < 1.29 is 9.59 Å². The first-order valence-electron chi connectivity index (χ1n) is 10.1. The molecule has 1 atom stereocenters. The highest BCUT2D eigenvalue weighted by Crippen LogP contribution is 2.24. The molecule has 0 bridgehead atoms. The summed E-state index contributed by atoms with van der Waals surface area (Å²) in [6.45, 7) is 6.03. The van der Waals surface area contributed by atoms with E-state index in [2.05, 4.69) is 20.8 Å². The van der Waals surface area contributed by atoms with Gasteiger partial charge in [-0.1, -0.05) is 61.5 Å². The maximum absolute atomic E-state index is 12.7. The molecule has 0 aliphatic heterocycles. The molecule has 3 aromatic rings. The number of hydrogen-bond acceptors (Lipinski definition) is 5. The molecule has 1 aromatic heterocycles. The van der Waals surface area contributed by atoms with Gasteiger partial charge < -0.3 is 15.2 Å². The monoisotopic (exact) mass is 437 g/mol. The summed E-state index contributed by atoms with van der Waals surface area (Å²) in [4.78, 5) is 25.0. The van der Waals surface area contributed by atoms with Crippen molar-refractivity contribution in [1.29, 1.82) is 0 Å². The summed E-state index contributed by atoms with van der Waals surface area (Å²) in [5.74, 6) is 0.702. The van der Waals surface area contributed by atoms with Crippen LogP contribution in [-0.4, -0.2) is 32.3 Å². The fraction of sp³-hybridized carbons (Fsp3) is 0.304. The third-order valence-electron chi connectivity index (χ3n) is 4.80. The Morgan fingerprint density at radius 2 is 1.71 bits per heavy atom. The second-order valence-electron chi connectivity index (χ2n) is 7.66. The van der Waals surface area contributed by atoms with Crippen molar-refractivity contribution in [3.63, 3.8) is 0 Å². The van der Waals surface area contributed by atoms with Gasteiger partial charge in [-0.25, -0.2) is 0 Å². The average molecular weight is 438 g/mol. The minimum Gasteiger partial charge on any atom is -0.342 e. The lowest BCUT2D eigenvalue weighted by atomic mass is 10.0. The summed E-state index contributed by atoms with van der Waals surface area (Å²) in [5.41, 5.74) is 2.46. The topological polar surface area (TPSA) is 88.9 Å². The van der Waals surface area contributed by atoms with Gasteiger partial charge in [0.15, 0.2) is 11.0 Å². The molecule has 31 heavy (non-hydrogen) atoms. The summed E-state index contributed by atoms with van der Waals surface area (Å²) in [6, 6.07) is 16.5. The Morgan fingerprint density at radius 1 is 1.03 bits per heavy atom. The van der Waals surface area contributed by atoms with Crippen LogP contribution in [0.1, 0.15) is 41.6 Å². The number of carbonyl (C=O) groups excluding carboxylic acids is 2. The van der Waals surface area contributed by atoms with Crippen LogP contribution in [0.5, 0.6) is 0 Å². The molecular formula is C23H27N5O2S. The van der Waals surface area contributed by atoms with Crippen LogP contribution >= 0.6 is 11.8 Å². The number of carbonyl (C=O) groups is 2. The van der Waals surface area contributed by atoms with Crippen LogP contribution in [0.25, 0.3) is 0 Å². The summed E-state index contributed by atoms with van der Waals surface area (Å²) in [5, 5.41) is 15.1. The third-order valence-corrected chi connectivity index (χ3v) is 5.82. The molecule has 7 nitrogen and oxygen atoms in total. The van der Waals surface area contributed by atoms with E-state index in [1.54, 1.807) is 0 Å². The fourth-order valence-corrected chi connectivity index (χ4v) is 3.75. The van der Waals surface area contributed by atoms with Gasteiger partial charge in [-0.3, -0.25) is 9.59 Å². The SMILES string of the molecule is Cc1ccc(C(=O)N[C@H](c2nnc(SCC(=O)Nc3ccccc3)n2C)C(C)C)cc1. The van der Waals surface area contributed by atoms with Gasteiger partial charge in [-0.15, -0.1) is 10.2 Å². The zero-order valence-corrected chi connectivity index (χ0v) is 18.9. The lowest BCUT2D eigenvalue weighted by Crippen LogP contribution is -2.33. The molecule has 162 valence electrons. The van der Waals surface area contributed by atoms with Crippen LogP contribution in [0.2, 0.25) is 0 Å². The maximum Gasteiger partial charge on any atom is 0.251 e. The molecule has 2 N–H and O–H groups in total. The number of anilines is 1. The Morgan fingerprint density at radius 3 is 2.35 bits per heavy atom. The summed E-state index contributed by atoms with van der Waals surface area (Å²) < 4.78 is 1.83. The molecule has 0 saturated heterocycles. The smallest absolute Gasteiger partial charge is 0.251 e. The predicted octanol–water partition coefficient (Wildman–Crippen LogP) is 3.98. The van der Waals surface area contributed by atoms with E-state index in [1.165, 1.54) is 11.8 Å². The number of thioether (sulfide) groups is 1. The van der Waals surface area contributed by atoms with Crippen molar-refractivity contribution in [3.05, 3.63) is 71.5 Å². The Balaban J connectivity index is 1.66. The Hall–Kier alpha value is -3.13. The molecule has 3 rings (SSSR count). The van der Waals surface area contributed by atoms with Crippen molar-refractivity contribution in [2.75, 3.05) is 11.1 Å². The number of nitrogens with one attached hydrogen (secondary N) is 2. The first-order valence-corrected chi connectivity index (χ1v) is 11.1. The minimum atomic E-state index is -0.307. The second kappa shape index (κ2) is 10.3. The van der Waals surface area contributed by atoms with E-state index in [1.807, 2.05) is 87.0 Å². The Kier molecular flexibility index (Phi) is 7.46. The second-order valence-corrected chi connectivity index (χ2v) is 8.61. The molecule has 0 aliphatic rings. The number of rotatable bonds is 8. The van der Waals surface area contributed by atoms with Crippen LogP contribution in [0.3, 0.4) is 0 Å². The Bertz CT molecular complexity index is 1030. The molecular weight excluding hydrogens is 410 g/mol. The maximum atomic E-state index is 12.7. The molecule has 2 amide bonds. The van der Waals surface area contributed by atoms with Gasteiger partial charge in [0.1, 0.15) is 0 Å². The van der Waals surface area contributed by atoms with E-state index in [0.717, 1.165) is 11.3 Å². The lowest BCUT2D eigenvalue weighted by Gasteiger charge is -2.21. The van der Waals surface area contributed by atoms with Crippen molar-refractivity contribution in [2.45, 2.75) is 32.0 Å². The number of benzene rings is 2. The van der Waals surface area contributed by atoms with E-state index < -0.39 is 0 Å². The number of aromatic nitrogens is 3. The van der Waals surface area contributed by atoms with Crippen molar-refractivity contribution >= 4 is 29.3 Å². The molecule has 0 saturated carbocycles. The summed E-state index contributed by atoms with van der Waals surface area (Å²) in [7, 11) is 1.85. The molecule has 0 aliphatic carbocycles. The zero-order chi connectivity index (χ0) is 22.4. The molecule has 0 spiro atoms. The van der Waals surface area contributed by atoms with Crippen LogP contribution in [0, 0.1) is 12.8 Å². The standard InChI is InChI=1S/C23H27N5O2S/c1-15(2)20(25-22(30)17-12-10-16(3)11-13-17)21-26-27-23(28(21)4)31-14-19(29)24-18-8-6-5-7-9-18/h5-13,15,20H,14H2,1-4H3,(H,24,29)(H,25,30)/t20-/m0/s1. The first-order chi connectivity index (χ1) is 14.8. The van der Waals surface area contributed by atoms with Gasteiger partial charge in [-0.05, 0) is 37.1 Å². The fourth-order valence-electron chi connectivity index (χ4n) is 3.03. The van der Waals surface area contributed by atoms with Gasteiger partial charge in [0.2, 0.25) is 5.91 Å².